The van der Waals surface area contributed by atoms with Crippen molar-refractivity contribution in [2.45, 2.75) is 89.4 Å². The molecule has 1 nitrogen and oxygen atoms in total. The van der Waals surface area contributed by atoms with Crippen LogP contribution in [0.3, 0.4) is 0 Å². The Hall–Kier alpha value is -0.980. The summed E-state index contributed by atoms with van der Waals surface area (Å²) in [7, 11) is 0. The molecule has 0 heterocycles. The molecule has 0 spiro atoms. The smallest absolute Gasteiger partial charge is 0.119 e. The molecule has 2 rings (SSSR count). The first kappa shape index (κ1) is 16.4. The number of hydrogen-bond acceptors (Lipinski definition) is 1. The molecule has 1 heteroatoms. The van der Waals surface area contributed by atoms with Crippen LogP contribution in [0.25, 0.3) is 0 Å². The van der Waals surface area contributed by atoms with Crippen molar-refractivity contribution in [2.75, 3.05) is 0 Å². The van der Waals surface area contributed by atoms with Crippen LogP contribution in [0.1, 0.15) is 89.5 Å². The van der Waals surface area contributed by atoms with Crippen molar-refractivity contribution in [3.05, 3.63) is 29.8 Å². The van der Waals surface area contributed by atoms with E-state index in [9.17, 15) is 5.11 Å². The lowest BCUT2D eigenvalue weighted by Crippen LogP contribution is -2.29. The van der Waals surface area contributed by atoms with Gasteiger partial charge >= 0.3 is 0 Å². The molecule has 1 N–H and O–H groups in total. The van der Waals surface area contributed by atoms with Crippen LogP contribution in [0.15, 0.2) is 24.3 Å². The molecule has 0 atom stereocenters. The molecular weight excluding hydrogens is 256 g/mol. The van der Waals surface area contributed by atoms with E-state index < -0.39 is 0 Å². The fourth-order valence-electron chi connectivity index (χ4n) is 4.05. The SMILES string of the molecule is CCCCCCCCC1(c2ccccc2O)CCCCC1. The molecule has 1 aliphatic rings. The number of rotatable bonds is 8. The van der Waals surface area contributed by atoms with Gasteiger partial charge in [0.1, 0.15) is 5.75 Å². The number of aromatic hydroxyl groups is 1. The van der Waals surface area contributed by atoms with Gasteiger partial charge in [-0.1, -0.05) is 82.9 Å². The predicted molar refractivity (Wildman–Crippen MR) is 90.9 cm³/mol. The standard InChI is InChI=1S/C20H32O/c1-2-3-4-5-6-10-15-20(16-11-7-12-17-20)18-13-8-9-14-19(18)21/h8-9,13-14,21H,2-7,10-12,15-17H2,1H3. The molecule has 1 aliphatic carbocycles. The van der Waals surface area contributed by atoms with Crippen LogP contribution < -0.4 is 0 Å². The second-order valence-corrected chi connectivity index (χ2v) is 6.88. The monoisotopic (exact) mass is 288 g/mol. The van der Waals surface area contributed by atoms with Gasteiger partial charge in [-0.15, -0.1) is 0 Å². The highest BCUT2D eigenvalue weighted by atomic mass is 16.3. The second kappa shape index (κ2) is 8.46. The third kappa shape index (κ3) is 4.49. The van der Waals surface area contributed by atoms with E-state index in [1.165, 1.54) is 82.6 Å². The lowest BCUT2D eigenvalue weighted by molar-refractivity contribution is 0.257. The summed E-state index contributed by atoms with van der Waals surface area (Å²) in [4.78, 5) is 0. The first-order valence-corrected chi connectivity index (χ1v) is 9.07. The fourth-order valence-corrected chi connectivity index (χ4v) is 4.05. The molecule has 21 heavy (non-hydrogen) atoms. The number of phenols is 1. The average Bonchev–Trinajstić information content (AvgIpc) is 2.52. The summed E-state index contributed by atoms with van der Waals surface area (Å²) in [5, 5.41) is 10.3. The molecule has 1 fully saturated rings. The molecule has 0 radical (unpaired) electrons. The highest BCUT2D eigenvalue weighted by molar-refractivity contribution is 5.38. The van der Waals surface area contributed by atoms with Crippen LogP contribution in [0.2, 0.25) is 0 Å². The van der Waals surface area contributed by atoms with Crippen molar-refractivity contribution in [2.24, 2.45) is 0 Å². The lowest BCUT2D eigenvalue weighted by Gasteiger charge is -2.38. The summed E-state index contributed by atoms with van der Waals surface area (Å²) >= 11 is 0. The van der Waals surface area contributed by atoms with Gasteiger partial charge in [0.05, 0.1) is 0 Å². The van der Waals surface area contributed by atoms with Crippen LogP contribution in [0, 0.1) is 0 Å². The molecule has 0 bridgehead atoms. The van der Waals surface area contributed by atoms with Gasteiger partial charge in [-0.3, -0.25) is 0 Å². The molecule has 1 saturated carbocycles. The number of unbranched alkanes of at least 4 members (excludes halogenated alkanes) is 5. The third-order valence-electron chi connectivity index (χ3n) is 5.29. The van der Waals surface area contributed by atoms with Crippen molar-refractivity contribution < 1.29 is 5.11 Å². The van der Waals surface area contributed by atoms with Crippen molar-refractivity contribution in [1.82, 2.24) is 0 Å². The van der Waals surface area contributed by atoms with Gasteiger partial charge in [0, 0.05) is 5.56 Å². The van der Waals surface area contributed by atoms with Gasteiger partial charge in [0.25, 0.3) is 0 Å². The van der Waals surface area contributed by atoms with Crippen molar-refractivity contribution in [3.8, 4) is 5.75 Å². The first-order valence-electron chi connectivity index (χ1n) is 9.07. The van der Waals surface area contributed by atoms with Gasteiger partial charge in [0.15, 0.2) is 0 Å². The zero-order chi connectivity index (χ0) is 15.0. The largest absolute Gasteiger partial charge is 0.508 e. The minimum absolute atomic E-state index is 0.258. The Labute approximate surface area is 130 Å². The minimum atomic E-state index is 0.258. The van der Waals surface area contributed by atoms with Crippen LogP contribution in [-0.4, -0.2) is 5.11 Å². The minimum Gasteiger partial charge on any atom is -0.508 e. The Morgan fingerprint density at radius 2 is 1.57 bits per heavy atom. The van der Waals surface area contributed by atoms with Gasteiger partial charge < -0.3 is 5.11 Å². The lowest BCUT2D eigenvalue weighted by atomic mass is 9.66. The van der Waals surface area contributed by atoms with Crippen molar-refractivity contribution in [1.29, 1.82) is 0 Å². The third-order valence-corrected chi connectivity index (χ3v) is 5.29. The van der Waals surface area contributed by atoms with E-state index in [4.69, 9.17) is 0 Å². The Balaban J connectivity index is 1.96. The molecule has 0 aliphatic heterocycles. The van der Waals surface area contributed by atoms with E-state index >= 15 is 0 Å². The average molecular weight is 288 g/mol. The normalized spacial score (nSPS) is 17.8. The predicted octanol–water partition coefficient (Wildman–Crippen LogP) is 6.34. The molecule has 0 saturated heterocycles. The summed E-state index contributed by atoms with van der Waals surface area (Å²) in [6.07, 6.45) is 15.9. The fraction of sp³-hybridized carbons (Fsp3) is 0.700. The van der Waals surface area contributed by atoms with Crippen molar-refractivity contribution >= 4 is 0 Å². The van der Waals surface area contributed by atoms with E-state index in [0.717, 1.165) is 0 Å². The molecule has 0 unspecified atom stereocenters. The molecule has 1 aromatic carbocycles. The van der Waals surface area contributed by atoms with E-state index in [1.54, 1.807) is 0 Å². The quantitative estimate of drug-likeness (QED) is 0.553. The summed E-state index contributed by atoms with van der Waals surface area (Å²) in [5.74, 6) is 0.519. The van der Waals surface area contributed by atoms with Crippen LogP contribution in [-0.2, 0) is 5.41 Å². The zero-order valence-electron chi connectivity index (χ0n) is 13.7. The number of para-hydroxylation sites is 1. The number of benzene rings is 1. The summed E-state index contributed by atoms with van der Waals surface area (Å²) < 4.78 is 0. The first-order chi connectivity index (χ1) is 10.3. The summed E-state index contributed by atoms with van der Waals surface area (Å²) in [6.45, 7) is 2.27. The van der Waals surface area contributed by atoms with Crippen LogP contribution in [0.5, 0.6) is 5.75 Å². The molecular formula is C20H32O. The zero-order valence-corrected chi connectivity index (χ0v) is 13.7. The maximum absolute atomic E-state index is 10.3. The van der Waals surface area contributed by atoms with Crippen LogP contribution >= 0.6 is 0 Å². The van der Waals surface area contributed by atoms with Crippen LogP contribution in [0.4, 0.5) is 0 Å². The number of hydrogen-bond donors (Lipinski definition) is 1. The van der Waals surface area contributed by atoms with Gasteiger partial charge in [-0.25, -0.2) is 0 Å². The Kier molecular flexibility index (Phi) is 6.60. The topological polar surface area (TPSA) is 20.2 Å². The summed E-state index contributed by atoms with van der Waals surface area (Å²) in [5.41, 5.74) is 1.48. The maximum atomic E-state index is 10.3. The molecule has 118 valence electrons. The van der Waals surface area contributed by atoms with E-state index in [1.807, 2.05) is 12.1 Å². The van der Waals surface area contributed by atoms with E-state index in [-0.39, 0.29) is 5.41 Å². The van der Waals surface area contributed by atoms with E-state index in [0.29, 0.717) is 5.75 Å². The van der Waals surface area contributed by atoms with Gasteiger partial charge in [0.2, 0.25) is 0 Å². The van der Waals surface area contributed by atoms with E-state index in [2.05, 4.69) is 19.1 Å². The second-order valence-electron chi connectivity index (χ2n) is 6.88. The molecule has 0 aromatic heterocycles. The number of phenolic OH excluding ortho intramolecular Hbond substituents is 1. The Morgan fingerprint density at radius 3 is 2.29 bits per heavy atom. The van der Waals surface area contributed by atoms with Gasteiger partial charge in [-0.05, 0) is 30.7 Å². The molecule has 0 amide bonds. The maximum Gasteiger partial charge on any atom is 0.119 e. The Morgan fingerprint density at radius 1 is 0.905 bits per heavy atom. The summed E-state index contributed by atoms with van der Waals surface area (Å²) in [6, 6.07) is 8.07. The highest BCUT2D eigenvalue weighted by Gasteiger charge is 2.34. The van der Waals surface area contributed by atoms with Gasteiger partial charge in [-0.2, -0.15) is 0 Å². The Bertz CT molecular complexity index is 404. The highest BCUT2D eigenvalue weighted by Crippen LogP contribution is 2.46. The van der Waals surface area contributed by atoms with Crippen molar-refractivity contribution in [3.63, 3.8) is 0 Å². The molecule has 1 aromatic rings.